The average Bonchev–Trinajstić information content (AvgIpc) is 2.30. The molecular formula is C13H10BrFIN. The summed E-state index contributed by atoms with van der Waals surface area (Å²) in [6.07, 6.45) is 0. The van der Waals surface area contributed by atoms with Gasteiger partial charge in [0.05, 0.1) is 0 Å². The van der Waals surface area contributed by atoms with Crippen LogP contribution in [0.5, 0.6) is 0 Å². The highest BCUT2D eigenvalue weighted by Gasteiger charge is 2.02. The number of nitrogens with one attached hydrogen (secondary N) is 1. The molecule has 0 bridgehead atoms. The molecular weight excluding hydrogens is 396 g/mol. The van der Waals surface area contributed by atoms with E-state index in [1.54, 1.807) is 6.07 Å². The van der Waals surface area contributed by atoms with Crippen molar-refractivity contribution in [2.75, 3.05) is 5.32 Å². The largest absolute Gasteiger partial charge is 0.381 e. The Morgan fingerprint density at radius 2 is 1.82 bits per heavy atom. The first-order valence-electron chi connectivity index (χ1n) is 5.08. The van der Waals surface area contributed by atoms with Crippen LogP contribution in [0.25, 0.3) is 0 Å². The van der Waals surface area contributed by atoms with Crippen molar-refractivity contribution in [2.45, 2.75) is 6.54 Å². The quantitative estimate of drug-likeness (QED) is 0.723. The summed E-state index contributed by atoms with van der Waals surface area (Å²) >= 11 is 5.49. The molecule has 0 spiro atoms. The fourth-order valence-corrected chi connectivity index (χ4v) is 2.12. The fourth-order valence-electron chi connectivity index (χ4n) is 1.43. The highest BCUT2D eigenvalue weighted by molar-refractivity contribution is 14.1. The van der Waals surface area contributed by atoms with Crippen molar-refractivity contribution in [3.63, 3.8) is 0 Å². The maximum absolute atomic E-state index is 13.5. The summed E-state index contributed by atoms with van der Waals surface area (Å²) in [5.74, 6) is -0.197. The first-order chi connectivity index (χ1) is 8.15. The molecule has 2 aromatic rings. The average molecular weight is 406 g/mol. The van der Waals surface area contributed by atoms with E-state index in [-0.39, 0.29) is 5.82 Å². The van der Waals surface area contributed by atoms with Crippen molar-refractivity contribution in [1.82, 2.24) is 0 Å². The molecule has 0 saturated carbocycles. The minimum Gasteiger partial charge on any atom is -0.381 e. The number of benzene rings is 2. The maximum atomic E-state index is 13.5. The van der Waals surface area contributed by atoms with Crippen molar-refractivity contribution in [2.24, 2.45) is 0 Å². The van der Waals surface area contributed by atoms with Gasteiger partial charge >= 0.3 is 0 Å². The van der Waals surface area contributed by atoms with E-state index in [1.807, 2.05) is 30.3 Å². The second-order valence-corrected chi connectivity index (χ2v) is 5.76. The Balaban J connectivity index is 2.04. The van der Waals surface area contributed by atoms with E-state index in [1.165, 1.54) is 9.64 Å². The van der Waals surface area contributed by atoms with Crippen molar-refractivity contribution in [3.05, 3.63) is 61.9 Å². The van der Waals surface area contributed by atoms with Crippen LogP contribution in [0, 0.1) is 9.39 Å². The SMILES string of the molecule is Fc1cc(Br)ccc1CNc1ccc(I)cc1. The van der Waals surface area contributed by atoms with Gasteiger partial charge in [-0.05, 0) is 59.0 Å². The molecule has 2 rings (SSSR count). The standard InChI is InChI=1S/C13H10BrFIN/c14-10-2-1-9(13(15)7-10)8-17-12-5-3-11(16)4-6-12/h1-7,17H,8H2. The van der Waals surface area contributed by atoms with Gasteiger partial charge in [-0.2, -0.15) is 0 Å². The van der Waals surface area contributed by atoms with Crippen molar-refractivity contribution in [1.29, 1.82) is 0 Å². The van der Waals surface area contributed by atoms with Gasteiger partial charge in [0.2, 0.25) is 0 Å². The van der Waals surface area contributed by atoms with E-state index in [0.29, 0.717) is 12.1 Å². The number of hydrogen-bond acceptors (Lipinski definition) is 1. The van der Waals surface area contributed by atoms with Crippen LogP contribution in [-0.4, -0.2) is 0 Å². The van der Waals surface area contributed by atoms with E-state index >= 15 is 0 Å². The van der Waals surface area contributed by atoms with E-state index in [9.17, 15) is 4.39 Å². The normalized spacial score (nSPS) is 10.3. The van der Waals surface area contributed by atoms with Gasteiger partial charge in [-0.25, -0.2) is 4.39 Å². The Hall–Kier alpha value is -0.620. The van der Waals surface area contributed by atoms with Gasteiger partial charge in [0.1, 0.15) is 5.82 Å². The second kappa shape index (κ2) is 5.82. The van der Waals surface area contributed by atoms with Gasteiger partial charge < -0.3 is 5.32 Å². The van der Waals surface area contributed by atoms with Crippen LogP contribution < -0.4 is 5.32 Å². The van der Waals surface area contributed by atoms with E-state index in [2.05, 4.69) is 43.8 Å². The van der Waals surface area contributed by atoms with Crippen LogP contribution in [0.4, 0.5) is 10.1 Å². The lowest BCUT2D eigenvalue weighted by atomic mass is 10.2. The third-order valence-electron chi connectivity index (χ3n) is 2.34. The summed E-state index contributed by atoms with van der Waals surface area (Å²) < 4.78 is 15.5. The summed E-state index contributed by atoms with van der Waals surface area (Å²) in [4.78, 5) is 0. The zero-order chi connectivity index (χ0) is 12.3. The summed E-state index contributed by atoms with van der Waals surface area (Å²) in [5, 5.41) is 3.19. The molecule has 0 aliphatic heterocycles. The molecule has 0 aromatic heterocycles. The minimum absolute atomic E-state index is 0.197. The summed E-state index contributed by atoms with van der Waals surface area (Å²) in [6, 6.07) is 13.1. The number of hydrogen-bond donors (Lipinski definition) is 1. The highest BCUT2D eigenvalue weighted by atomic mass is 127. The molecule has 4 heteroatoms. The lowest BCUT2D eigenvalue weighted by Crippen LogP contribution is -2.01. The number of anilines is 1. The number of halogens is 3. The molecule has 0 aliphatic rings. The first-order valence-corrected chi connectivity index (χ1v) is 6.96. The zero-order valence-electron chi connectivity index (χ0n) is 8.88. The predicted octanol–water partition coefficient (Wildman–Crippen LogP) is 4.80. The van der Waals surface area contributed by atoms with Gasteiger partial charge in [0, 0.05) is 25.8 Å². The molecule has 0 unspecified atom stereocenters. The Morgan fingerprint density at radius 3 is 2.47 bits per heavy atom. The van der Waals surface area contributed by atoms with Crippen LogP contribution in [0.1, 0.15) is 5.56 Å². The molecule has 1 nitrogen and oxygen atoms in total. The third kappa shape index (κ3) is 3.67. The molecule has 1 N–H and O–H groups in total. The van der Waals surface area contributed by atoms with Crippen molar-refractivity contribution >= 4 is 44.2 Å². The van der Waals surface area contributed by atoms with Crippen LogP contribution in [0.2, 0.25) is 0 Å². The summed E-state index contributed by atoms with van der Waals surface area (Å²) in [5.41, 5.74) is 1.65. The molecule has 0 atom stereocenters. The lowest BCUT2D eigenvalue weighted by molar-refractivity contribution is 0.612. The molecule has 0 saturated heterocycles. The second-order valence-electron chi connectivity index (χ2n) is 3.60. The van der Waals surface area contributed by atoms with Crippen molar-refractivity contribution < 1.29 is 4.39 Å². The highest BCUT2D eigenvalue weighted by Crippen LogP contribution is 2.17. The Labute approximate surface area is 122 Å². The lowest BCUT2D eigenvalue weighted by Gasteiger charge is -2.07. The smallest absolute Gasteiger partial charge is 0.129 e. The number of rotatable bonds is 3. The van der Waals surface area contributed by atoms with Crippen LogP contribution in [-0.2, 0) is 6.54 Å². The van der Waals surface area contributed by atoms with Crippen LogP contribution in [0.3, 0.4) is 0 Å². The van der Waals surface area contributed by atoms with Gasteiger partial charge in [0.25, 0.3) is 0 Å². The monoisotopic (exact) mass is 405 g/mol. The molecule has 0 heterocycles. The van der Waals surface area contributed by atoms with Crippen LogP contribution in [0.15, 0.2) is 46.9 Å². The van der Waals surface area contributed by atoms with Gasteiger partial charge in [-0.15, -0.1) is 0 Å². The van der Waals surface area contributed by atoms with E-state index in [0.717, 1.165) is 10.2 Å². The minimum atomic E-state index is -0.197. The molecule has 0 radical (unpaired) electrons. The van der Waals surface area contributed by atoms with Gasteiger partial charge in [-0.1, -0.05) is 22.0 Å². The molecule has 2 aromatic carbocycles. The first kappa shape index (κ1) is 12.8. The summed E-state index contributed by atoms with van der Waals surface area (Å²) in [6.45, 7) is 0.486. The Bertz CT molecular complexity index is 513. The molecule has 0 fully saturated rings. The Morgan fingerprint density at radius 1 is 1.12 bits per heavy atom. The topological polar surface area (TPSA) is 12.0 Å². The van der Waals surface area contributed by atoms with E-state index in [4.69, 9.17) is 0 Å². The fraction of sp³-hybridized carbons (Fsp3) is 0.0769. The van der Waals surface area contributed by atoms with Crippen molar-refractivity contribution in [3.8, 4) is 0 Å². The molecule has 0 amide bonds. The third-order valence-corrected chi connectivity index (χ3v) is 3.55. The van der Waals surface area contributed by atoms with E-state index < -0.39 is 0 Å². The molecule has 17 heavy (non-hydrogen) atoms. The molecule has 88 valence electrons. The summed E-state index contributed by atoms with van der Waals surface area (Å²) in [7, 11) is 0. The maximum Gasteiger partial charge on any atom is 0.129 e. The Kier molecular flexibility index (Phi) is 4.39. The van der Waals surface area contributed by atoms with Gasteiger partial charge in [-0.3, -0.25) is 0 Å². The molecule has 0 aliphatic carbocycles. The van der Waals surface area contributed by atoms with Crippen LogP contribution >= 0.6 is 38.5 Å². The van der Waals surface area contributed by atoms with Gasteiger partial charge in [0.15, 0.2) is 0 Å². The predicted molar refractivity (Wildman–Crippen MR) is 80.6 cm³/mol. The zero-order valence-corrected chi connectivity index (χ0v) is 12.6.